The van der Waals surface area contributed by atoms with E-state index in [1.165, 1.54) is 0 Å². The van der Waals surface area contributed by atoms with Crippen LogP contribution in [0.4, 0.5) is 12.3 Å². The average molecular weight is 149 g/mol. The zero-order valence-electron chi connectivity index (χ0n) is 3.43. The number of halogens is 4. The van der Waals surface area contributed by atoms with E-state index in [1.807, 2.05) is 0 Å². The van der Waals surface area contributed by atoms with Crippen molar-refractivity contribution in [2.24, 2.45) is 0 Å². The second-order valence-corrected chi connectivity index (χ2v) is 3.16. The normalized spacial score (nSPS) is 12.0. The maximum atomic E-state index is 11.1. The summed E-state index contributed by atoms with van der Waals surface area (Å²) in [6, 6.07) is -0.755. The number of hydrogen-bond acceptors (Lipinski definition) is 0. The maximum absolute atomic E-state index is 11.1. The highest BCUT2D eigenvalue weighted by Gasteiger charge is 2.34. The van der Waals surface area contributed by atoms with Crippen molar-refractivity contribution in [1.82, 2.24) is 0 Å². The standard InChI is InChI=1S/C2H4ClF3Si/c3-1-2-7(4,5)6/h1-2H2. The molecule has 0 rings (SSSR count). The summed E-state index contributed by atoms with van der Waals surface area (Å²) >= 11 is 4.80. The van der Waals surface area contributed by atoms with Gasteiger partial charge in [0.15, 0.2) is 0 Å². The van der Waals surface area contributed by atoms with Crippen LogP contribution in [0.25, 0.3) is 0 Å². The van der Waals surface area contributed by atoms with Gasteiger partial charge in [0, 0.05) is 11.9 Å². The fourth-order valence-electron chi connectivity index (χ4n) is 0.107. The monoisotopic (exact) mass is 148 g/mol. The van der Waals surface area contributed by atoms with Gasteiger partial charge in [0.1, 0.15) is 0 Å². The van der Waals surface area contributed by atoms with E-state index in [-0.39, 0.29) is 5.88 Å². The lowest BCUT2D eigenvalue weighted by Gasteiger charge is -1.93. The van der Waals surface area contributed by atoms with Crippen molar-refractivity contribution in [2.45, 2.75) is 6.04 Å². The Balaban J connectivity index is 3.15. The van der Waals surface area contributed by atoms with Gasteiger partial charge >= 0.3 is 9.08 Å². The Morgan fingerprint density at radius 3 is 1.71 bits per heavy atom. The van der Waals surface area contributed by atoms with Crippen LogP contribution in [0.15, 0.2) is 0 Å². The number of rotatable bonds is 2. The zero-order valence-corrected chi connectivity index (χ0v) is 5.18. The molecule has 0 amide bonds. The SMILES string of the molecule is F[Si](F)(F)CCCl. The summed E-state index contributed by atoms with van der Waals surface area (Å²) in [7, 11) is -5.29. The van der Waals surface area contributed by atoms with Crippen LogP contribution in [0.2, 0.25) is 6.04 Å². The zero-order chi connectivity index (χ0) is 5.91. The van der Waals surface area contributed by atoms with Gasteiger partial charge in [-0.3, -0.25) is 0 Å². The minimum Gasteiger partial charge on any atom is -0.238 e. The molecule has 0 aromatic heterocycles. The topological polar surface area (TPSA) is 0 Å². The van der Waals surface area contributed by atoms with Gasteiger partial charge < -0.3 is 0 Å². The van der Waals surface area contributed by atoms with E-state index in [0.29, 0.717) is 0 Å². The van der Waals surface area contributed by atoms with E-state index in [1.54, 1.807) is 0 Å². The molecule has 0 aromatic rings. The molecule has 44 valence electrons. The molecule has 5 heteroatoms. The molecule has 0 nitrogen and oxygen atoms in total. The van der Waals surface area contributed by atoms with Crippen LogP contribution in [-0.2, 0) is 0 Å². The second-order valence-electron chi connectivity index (χ2n) is 1.05. The third-order valence-corrected chi connectivity index (χ3v) is 1.70. The summed E-state index contributed by atoms with van der Waals surface area (Å²) in [5.74, 6) is -0.282. The van der Waals surface area contributed by atoms with E-state index in [9.17, 15) is 12.3 Å². The van der Waals surface area contributed by atoms with E-state index < -0.39 is 15.1 Å². The van der Waals surface area contributed by atoms with Crippen LogP contribution in [0.3, 0.4) is 0 Å². The Labute approximate surface area is 45.8 Å². The van der Waals surface area contributed by atoms with Crippen LogP contribution >= 0.6 is 11.6 Å². The first-order chi connectivity index (χ1) is 3.06. The molecular formula is C2H4ClF3Si. The van der Waals surface area contributed by atoms with Gasteiger partial charge in [-0.2, -0.15) is 0 Å². The van der Waals surface area contributed by atoms with E-state index in [0.717, 1.165) is 0 Å². The van der Waals surface area contributed by atoms with Crippen molar-refractivity contribution >= 4 is 20.7 Å². The summed E-state index contributed by atoms with van der Waals surface area (Å²) < 4.78 is 33.3. The summed E-state index contributed by atoms with van der Waals surface area (Å²) in [6.45, 7) is 0. The molecule has 0 aliphatic heterocycles. The largest absolute Gasteiger partial charge is 0.617 e. The Morgan fingerprint density at radius 1 is 1.29 bits per heavy atom. The van der Waals surface area contributed by atoms with Gasteiger partial charge in [-0.25, -0.2) is 12.3 Å². The van der Waals surface area contributed by atoms with Gasteiger partial charge in [0.25, 0.3) is 0 Å². The number of alkyl halides is 1. The molecule has 0 N–H and O–H groups in total. The van der Waals surface area contributed by atoms with E-state index >= 15 is 0 Å². The molecule has 0 aromatic carbocycles. The molecule has 0 saturated carbocycles. The van der Waals surface area contributed by atoms with Crippen molar-refractivity contribution in [3.8, 4) is 0 Å². The molecular weight excluding hydrogens is 145 g/mol. The molecule has 0 unspecified atom stereocenters. The predicted octanol–water partition coefficient (Wildman–Crippen LogP) is 2.07. The quantitative estimate of drug-likeness (QED) is 0.320. The third-order valence-electron chi connectivity index (χ3n) is 0.378. The summed E-state index contributed by atoms with van der Waals surface area (Å²) in [5.41, 5.74) is 0. The fraction of sp³-hybridized carbons (Fsp3) is 1.00. The Bertz CT molecular complexity index is 51.4. The van der Waals surface area contributed by atoms with Crippen molar-refractivity contribution in [3.63, 3.8) is 0 Å². The van der Waals surface area contributed by atoms with Crippen LogP contribution in [0.5, 0.6) is 0 Å². The van der Waals surface area contributed by atoms with Crippen molar-refractivity contribution in [1.29, 1.82) is 0 Å². The predicted molar refractivity (Wildman–Crippen MR) is 24.6 cm³/mol. The molecule has 0 aliphatic rings. The minimum absolute atomic E-state index is 0.282. The third kappa shape index (κ3) is 6.30. The molecule has 7 heavy (non-hydrogen) atoms. The Hall–Kier alpha value is 0.297. The lowest BCUT2D eigenvalue weighted by atomic mass is 11.0. The summed E-state index contributed by atoms with van der Waals surface area (Å²) in [5, 5.41) is 0. The van der Waals surface area contributed by atoms with Gasteiger partial charge in [-0.05, 0) is 0 Å². The summed E-state index contributed by atoms with van der Waals surface area (Å²) in [4.78, 5) is 0. The minimum atomic E-state index is -5.29. The second kappa shape index (κ2) is 2.57. The molecule has 0 aliphatic carbocycles. The van der Waals surface area contributed by atoms with E-state index in [2.05, 4.69) is 0 Å². The summed E-state index contributed by atoms with van der Waals surface area (Å²) in [6.07, 6.45) is 0. The maximum Gasteiger partial charge on any atom is 0.617 e. The molecule has 0 saturated heterocycles. The Morgan fingerprint density at radius 2 is 1.71 bits per heavy atom. The fourth-order valence-corrected chi connectivity index (χ4v) is 0.964. The van der Waals surface area contributed by atoms with Crippen molar-refractivity contribution in [3.05, 3.63) is 0 Å². The first-order valence-corrected chi connectivity index (χ1v) is 4.06. The average Bonchev–Trinajstić information content (AvgIpc) is 1.30. The van der Waals surface area contributed by atoms with Crippen LogP contribution in [-0.4, -0.2) is 15.0 Å². The molecule has 0 spiro atoms. The van der Waals surface area contributed by atoms with Crippen molar-refractivity contribution < 1.29 is 12.3 Å². The number of hydrogen-bond donors (Lipinski definition) is 0. The van der Waals surface area contributed by atoms with Gasteiger partial charge in [-0.15, -0.1) is 11.6 Å². The van der Waals surface area contributed by atoms with Crippen LogP contribution < -0.4 is 0 Å². The molecule has 0 heterocycles. The lowest BCUT2D eigenvalue weighted by molar-refractivity contribution is 0.473. The molecule has 0 bridgehead atoms. The molecule has 0 fully saturated rings. The van der Waals surface area contributed by atoms with Crippen molar-refractivity contribution in [2.75, 3.05) is 5.88 Å². The smallest absolute Gasteiger partial charge is 0.238 e. The van der Waals surface area contributed by atoms with Crippen LogP contribution in [0.1, 0.15) is 0 Å². The van der Waals surface area contributed by atoms with Gasteiger partial charge in [-0.1, -0.05) is 0 Å². The van der Waals surface area contributed by atoms with Crippen LogP contribution in [0, 0.1) is 0 Å². The highest BCUT2D eigenvalue weighted by molar-refractivity contribution is 6.59. The Kier molecular flexibility index (Phi) is 2.68. The van der Waals surface area contributed by atoms with Gasteiger partial charge in [0.2, 0.25) is 0 Å². The highest BCUT2D eigenvalue weighted by atomic mass is 35.5. The molecule has 0 atom stereocenters. The molecule has 0 radical (unpaired) electrons. The van der Waals surface area contributed by atoms with E-state index in [4.69, 9.17) is 11.6 Å². The first-order valence-electron chi connectivity index (χ1n) is 1.69. The van der Waals surface area contributed by atoms with Gasteiger partial charge in [0.05, 0.1) is 0 Å². The highest BCUT2D eigenvalue weighted by Crippen LogP contribution is 2.14. The lowest BCUT2D eigenvalue weighted by Crippen LogP contribution is -2.14. The first kappa shape index (κ1) is 7.30.